The van der Waals surface area contributed by atoms with Crippen molar-refractivity contribution in [2.45, 2.75) is 12.6 Å². The summed E-state index contributed by atoms with van der Waals surface area (Å²) < 4.78 is 0. The largest absolute Gasteiger partial charge is 0.367 e. The van der Waals surface area contributed by atoms with Gasteiger partial charge in [-0.3, -0.25) is 0 Å². The van der Waals surface area contributed by atoms with Crippen LogP contribution in [-0.2, 0) is 0 Å². The van der Waals surface area contributed by atoms with Crippen molar-refractivity contribution in [3.8, 4) is 0 Å². The summed E-state index contributed by atoms with van der Waals surface area (Å²) in [5.74, 6) is -1.17. The van der Waals surface area contributed by atoms with Gasteiger partial charge in [0, 0.05) is 9.82 Å². The highest BCUT2D eigenvalue weighted by atomic mass is 16.5. The lowest BCUT2D eigenvalue weighted by Crippen LogP contribution is -2.39. The number of azide groups is 2. The van der Waals surface area contributed by atoms with Crippen molar-refractivity contribution in [3.63, 3.8) is 0 Å². The maximum atomic E-state index is 8.96. The number of rotatable bonds is 7. The Labute approximate surface area is 116 Å². The molecule has 0 aliphatic heterocycles. The average Bonchev–Trinajstić information content (AvgIpc) is 2.37. The van der Waals surface area contributed by atoms with Crippen LogP contribution in [0.2, 0.25) is 0 Å². The van der Waals surface area contributed by atoms with E-state index in [1.54, 1.807) is 0 Å². The molecule has 0 aliphatic rings. The van der Waals surface area contributed by atoms with Crippen LogP contribution in [0.5, 0.6) is 0 Å². The first-order valence-corrected chi connectivity index (χ1v) is 5.29. The predicted octanol–water partition coefficient (Wildman–Crippen LogP) is -0.817. The van der Waals surface area contributed by atoms with Crippen LogP contribution in [0.1, 0.15) is 0 Å². The van der Waals surface area contributed by atoms with E-state index in [1.807, 2.05) is 0 Å². The van der Waals surface area contributed by atoms with Gasteiger partial charge >= 0.3 is 0 Å². The van der Waals surface area contributed by atoms with Gasteiger partial charge in [-0.1, -0.05) is 0 Å². The Morgan fingerprint density at radius 1 is 0.905 bits per heavy atom. The van der Waals surface area contributed by atoms with Crippen molar-refractivity contribution in [3.05, 3.63) is 20.9 Å². The van der Waals surface area contributed by atoms with Crippen LogP contribution in [0.4, 0.5) is 17.8 Å². The van der Waals surface area contributed by atoms with Crippen molar-refractivity contribution in [2.24, 2.45) is 10.2 Å². The lowest BCUT2D eigenvalue weighted by Gasteiger charge is -2.24. The molecule has 112 valence electrons. The number of aliphatic hydroxyl groups is 4. The molecule has 0 unspecified atom stereocenters. The summed E-state index contributed by atoms with van der Waals surface area (Å²) in [7, 11) is 0. The topological polar surface area (TPSA) is 220 Å². The Morgan fingerprint density at radius 3 is 1.67 bits per heavy atom. The zero-order chi connectivity index (χ0) is 15.8. The molecule has 0 aromatic carbocycles. The third kappa shape index (κ3) is 5.42. The second kappa shape index (κ2) is 7.76. The normalized spacial score (nSPS) is 10.2. The van der Waals surface area contributed by atoms with Gasteiger partial charge in [0.1, 0.15) is 0 Å². The quantitative estimate of drug-likeness (QED) is 0.215. The van der Waals surface area contributed by atoms with Crippen LogP contribution in [0.15, 0.2) is 10.2 Å². The smallest absolute Gasteiger partial charge is 0.229 e. The molecule has 0 spiro atoms. The third-order valence-electron chi connectivity index (χ3n) is 1.92. The Hall–Kier alpha value is -2.73. The Bertz CT molecular complexity index is 533. The van der Waals surface area contributed by atoms with Crippen molar-refractivity contribution >= 4 is 17.8 Å². The molecule has 14 heteroatoms. The molecule has 0 atom stereocenters. The number of hydrogen-bond acceptors (Lipinski definition) is 10. The van der Waals surface area contributed by atoms with Gasteiger partial charge in [0.25, 0.3) is 0 Å². The molecular weight excluding hydrogens is 288 g/mol. The molecule has 4 N–H and O–H groups in total. The number of aromatic nitrogens is 3. The van der Waals surface area contributed by atoms with Crippen LogP contribution in [0.3, 0.4) is 0 Å². The summed E-state index contributed by atoms with van der Waals surface area (Å²) in [6.45, 7) is -0.958. The highest BCUT2D eigenvalue weighted by molar-refractivity contribution is 5.39. The molecule has 0 saturated heterocycles. The van der Waals surface area contributed by atoms with Crippen LogP contribution < -0.4 is 4.90 Å². The fraction of sp³-hybridized carbons (Fsp3) is 0.571. The monoisotopic (exact) mass is 298 g/mol. The standard InChI is InChI=1S/C7H10N10O4/c8-15-13-5-10-6(14-16-9)12-7(11-5)17(1-3(18)19)2-4(20)21/h3-4,18-21H,1-2H2. The Balaban J connectivity index is 3.26. The molecule has 0 radical (unpaired) electrons. The molecule has 0 aliphatic carbocycles. The summed E-state index contributed by atoms with van der Waals surface area (Å²) in [6, 6.07) is 0. The fourth-order valence-electron chi connectivity index (χ4n) is 1.29. The van der Waals surface area contributed by atoms with E-state index in [2.05, 4.69) is 35.0 Å². The summed E-state index contributed by atoms with van der Waals surface area (Å²) in [6.07, 6.45) is -3.65. The van der Waals surface area contributed by atoms with E-state index in [1.165, 1.54) is 0 Å². The summed E-state index contributed by atoms with van der Waals surface area (Å²) in [5, 5.41) is 42.1. The minimum atomic E-state index is -1.83. The SMILES string of the molecule is [N-]=[N+]=Nc1nc(N=[N+]=[N-])nc(N(CC(O)O)CC(O)O)n1. The molecule has 1 heterocycles. The fourth-order valence-corrected chi connectivity index (χ4v) is 1.29. The molecule has 14 nitrogen and oxygen atoms in total. The van der Waals surface area contributed by atoms with Crippen molar-refractivity contribution in [1.82, 2.24) is 15.0 Å². The van der Waals surface area contributed by atoms with Gasteiger partial charge in [-0.25, -0.2) is 4.98 Å². The molecule has 1 aromatic heterocycles. The van der Waals surface area contributed by atoms with Crippen LogP contribution in [-0.4, -0.2) is 61.0 Å². The molecular formula is C7H10N10O4. The van der Waals surface area contributed by atoms with Gasteiger partial charge in [-0.05, 0) is 21.3 Å². The lowest BCUT2D eigenvalue weighted by atomic mass is 10.4. The maximum absolute atomic E-state index is 8.96. The first kappa shape index (κ1) is 16.3. The molecule has 0 bridgehead atoms. The van der Waals surface area contributed by atoms with Crippen LogP contribution in [0.25, 0.3) is 20.9 Å². The van der Waals surface area contributed by atoms with E-state index in [4.69, 9.17) is 31.5 Å². The molecule has 1 aromatic rings. The lowest BCUT2D eigenvalue weighted by molar-refractivity contribution is -0.0484. The zero-order valence-corrected chi connectivity index (χ0v) is 10.3. The van der Waals surface area contributed by atoms with E-state index in [-0.39, 0.29) is 5.95 Å². The molecule has 0 fully saturated rings. The number of nitrogens with zero attached hydrogens (tertiary/aromatic N) is 10. The van der Waals surface area contributed by atoms with E-state index >= 15 is 0 Å². The van der Waals surface area contributed by atoms with Gasteiger partial charge in [-0.2, -0.15) is 9.97 Å². The van der Waals surface area contributed by atoms with Crippen molar-refractivity contribution < 1.29 is 20.4 Å². The number of anilines is 1. The van der Waals surface area contributed by atoms with E-state index < -0.39 is 37.6 Å². The average molecular weight is 298 g/mol. The van der Waals surface area contributed by atoms with Crippen LogP contribution in [0, 0.1) is 0 Å². The van der Waals surface area contributed by atoms with Crippen molar-refractivity contribution in [1.29, 1.82) is 0 Å². The van der Waals surface area contributed by atoms with E-state index in [0.29, 0.717) is 0 Å². The van der Waals surface area contributed by atoms with Gasteiger partial charge in [0.15, 0.2) is 12.6 Å². The second-order valence-electron chi connectivity index (χ2n) is 3.48. The first-order chi connectivity index (χ1) is 9.96. The minimum Gasteiger partial charge on any atom is -0.367 e. The number of hydrogen-bond donors (Lipinski definition) is 4. The van der Waals surface area contributed by atoms with Gasteiger partial charge < -0.3 is 25.3 Å². The highest BCUT2D eigenvalue weighted by Gasteiger charge is 2.18. The van der Waals surface area contributed by atoms with Crippen molar-refractivity contribution in [2.75, 3.05) is 18.0 Å². The molecule has 1 rings (SSSR count). The highest BCUT2D eigenvalue weighted by Crippen LogP contribution is 2.18. The van der Waals surface area contributed by atoms with Gasteiger partial charge in [0.2, 0.25) is 17.8 Å². The molecule has 0 saturated carbocycles. The molecule has 0 amide bonds. The van der Waals surface area contributed by atoms with Crippen LogP contribution >= 0.6 is 0 Å². The van der Waals surface area contributed by atoms with E-state index in [9.17, 15) is 0 Å². The predicted molar refractivity (Wildman–Crippen MR) is 66.1 cm³/mol. The summed E-state index contributed by atoms with van der Waals surface area (Å²) in [4.78, 5) is 16.7. The maximum Gasteiger partial charge on any atom is 0.229 e. The number of aliphatic hydroxyl groups excluding tert-OH is 2. The molecule has 21 heavy (non-hydrogen) atoms. The van der Waals surface area contributed by atoms with Gasteiger partial charge in [-0.15, -0.1) is 0 Å². The Kier molecular flexibility index (Phi) is 6.03. The second-order valence-corrected chi connectivity index (χ2v) is 3.48. The summed E-state index contributed by atoms with van der Waals surface area (Å²) in [5.41, 5.74) is 16.7. The van der Waals surface area contributed by atoms with Gasteiger partial charge in [0.05, 0.1) is 13.1 Å². The minimum absolute atomic E-state index is 0.295. The zero-order valence-electron chi connectivity index (χ0n) is 10.3. The third-order valence-corrected chi connectivity index (χ3v) is 1.92. The van der Waals surface area contributed by atoms with E-state index in [0.717, 1.165) is 4.90 Å². The summed E-state index contributed by atoms with van der Waals surface area (Å²) >= 11 is 0. The Morgan fingerprint density at radius 2 is 1.33 bits per heavy atom. The first-order valence-electron chi connectivity index (χ1n) is 5.29.